The van der Waals surface area contributed by atoms with E-state index in [0.29, 0.717) is 23.0 Å². The fourth-order valence-corrected chi connectivity index (χ4v) is 5.81. The third kappa shape index (κ3) is 4.99. The van der Waals surface area contributed by atoms with Gasteiger partial charge < -0.3 is 26.6 Å². The van der Waals surface area contributed by atoms with E-state index in [0.717, 1.165) is 12.8 Å². The van der Waals surface area contributed by atoms with Crippen molar-refractivity contribution in [1.29, 1.82) is 0 Å². The summed E-state index contributed by atoms with van der Waals surface area (Å²) in [6, 6.07) is 8.10. The number of nitrogens with one attached hydrogen (secondary N) is 3. The predicted molar refractivity (Wildman–Crippen MR) is 141 cm³/mol. The summed E-state index contributed by atoms with van der Waals surface area (Å²) in [6.07, 6.45) is 2.28. The molecule has 204 valence electrons. The topological polar surface area (TPSA) is 151 Å². The average molecular weight is 556 g/mol. The zero-order valence-corrected chi connectivity index (χ0v) is 21.8. The Hall–Kier alpha value is -4.19. The number of anilines is 1. The van der Waals surface area contributed by atoms with Gasteiger partial charge in [-0.1, -0.05) is 23.7 Å². The summed E-state index contributed by atoms with van der Waals surface area (Å²) in [7, 11) is 1.48. The summed E-state index contributed by atoms with van der Waals surface area (Å²) in [5, 5.41) is 12.5. The van der Waals surface area contributed by atoms with Crippen LogP contribution in [0.4, 0.5) is 14.9 Å². The summed E-state index contributed by atoms with van der Waals surface area (Å²) < 4.78 is 15.7. The maximum atomic E-state index is 14.3. The van der Waals surface area contributed by atoms with Gasteiger partial charge in [-0.3, -0.25) is 19.1 Å². The summed E-state index contributed by atoms with van der Waals surface area (Å²) in [5.41, 5.74) is 6.61. The van der Waals surface area contributed by atoms with E-state index < -0.39 is 23.8 Å². The number of likely N-dealkylation sites (tertiary alicyclic amines) is 1. The minimum absolute atomic E-state index is 0.00919. The van der Waals surface area contributed by atoms with Gasteiger partial charge in [0.2, 0.25) is 11.8 Å². The highest BCUT2D eigenvalue weighted by molar-refractivity contribution is 6.30. The summed E-state index contributed by atoms with van der Waals surface area (Å²) in [5.74, 6) is -2.08. The molecule has 5 rings (SSSR count). The lowest BCUT2D eigenvalue weighted by Gasteiger charge is -2.34. The second-order valence-corrected chi connectivity index (χ2v) is 10.1. The van der Waals surface area contributed by atoms with Gasteiger partial charge in [-0.05, 0) is 49.4 Å². The van der Waals surface area contributed by atoms with Gasteiger partial charge >= 0.3 is 6.03 Å². The molecule has 13 heteroatoms. The van der Waals surface area contributed by atoms with Crippen LogP contribution >= 0.6 is 11.6 Å². The van der Waals surface area contributed by atoms with Crippen LogP contribution in [-0.2, 0) is 22.7 Å². The standard InChI is InChI=1S/C26H27ClFN7O4/c1-30-26(39)32-15-6-8-17-19(10-15)34(33-22(17)24(29)37)12-20(36)35-16-7-5-13(9-16)23(35)25(38)31-11-14-3-2-4-18(27)21(14)28/h2-4,6,8,10,13,16,23H,5,7,9,11-12H2,1H3,(H2,29,37)(H,31,38)(H2,30,32,39)/t13-,16+,23-/m0/s1. The van der Waals surface area contributed by atoms with E-state index >= 15 is 0 Å². The molecule has 0 spiro atoms. The molecule has 2 bridgehead atoms. The van der Waals surface area contributed by atoms with Crippen molar-refractivity contribution in [1.82, 2.24) is 25.3 Å². The number of carbonyl (C=O) groups is 4. The van der Waals surface area contributed by atoms with Crippen molar-refractivity contribution in [2.75, 3.05) is 12.4 Å². The largest absolute Gasteiger partial charge is 0.364 e. The van der Waals surface area contributed by atoms with Crippen LogP contribution < -0.4 is 21.7 Å². The molecule has 1 saturated heterocycles. The molecular weight excluding hydrogens is 529 g/mol. The molecule has 2 aromatic carbocycles. The van der Waals surface area contributed by atoms with Gasteiger partial charge in [0.1, 0.15) is 18.4 Å². The van der Waals surface area contributed by atoms with E-state index in [1.165, 1.54) is 23.9 Å². The van der Waals surface area contributed by atoms with Gasteiger partial charge in [0.25, 0.3) is 5.91 Å². The second kappa shape index (κ2) is 10.5. The van der Waals surface area contributed by atoms with E-state index in [1.807, 2.05) is 0 Å². The molecule has 11 nitrogen and oxygen atoms in total. The summed E-state index contributed by atoms with van der Waals surface area (Å²) >= 11 is 5.85. The molecule has 3 atom stereocenters. The number of halogens is 2. The van der Waals surface area contributed by atoms with E-state index in [-0.39, 0.29) is 53.1 Å². The minimum Gasteiger partial charge on any atom is -0.364 e. The molecular formula is C26H27ClFN7O4. The third-order valence-electron chi connectivity index (χ3n) is 7.38. The predicted octanol–water partition coefficient (Wildman–Crippen LogP) is 2.37. The van der Waals surface area contributed by atoms with Crippen LogP contribution in [0.5, 0.6) is 0 Å². The van der Waals surface area contributed by atoms with E-state index in [4.69, 9.17) is 17.3 Å². The SMILES string of the molecule is CNC(=O)Nc1ccc2c(C(N)=O)nn(CC(=O)N3[C@@H]4CC[C@@H](C4)[C@H]3C(=O)NCc3cccc(Cl)c3F)c2c1. The number of primary amides is 1. The maximum Gasteiger partial charge on any atom is 0.318 e. The second-order valence-electron chi connectivity index (χ2n) is 9.71. The molecule has 1 aliphatic carbocycles. The summed E-state index contributed by atoms with van der Waals surface area (Å²) in [4.78, 5) is 52.3. The Labute approximate surface area is 227 Å². The monoisotopic (exact) mass is 555 g/mol. The molecule has 1 saturated carbocycles. The third-order valence-corrected chi connectivity index (χ3v) is 7.67. The van der Waals surface area contributed by atoms with Gasteiger partial charge in [-0.15, -0.1) is 0 Å². The lowest BCUT2D eigenvalue weighted by molar-refractivity contribution is -0.143. The van der Waals surface area contributed by atoms with Crippen molar-refractivity contribution >= 4 is 51.9 Å². The highest BCUT2D eigenvalue weighted by Crippen LogP contribution is 2.42. The van der Waals surface area contributed by atoms with Crippen LogP contribution in [0.2, 0.25) is 5.02 Å². The van der Waals surface area contributed by atoms with Crippen LogP contribution in [0.15, 0.2) is 36.4 Å². The maximum absolute atomic E-state index is 14.3. The first-order valence-corrected chi connectivity index (χ1v) is 12.9. The van der Waals surface area contributed by atoms with Gasteiger partial charge in [-0.25, -0.2) is 9.18 Å². The first kappa shape index (κ1) is 26.4. The van der Waals surface area contributed by atoms with Crippen LogP contribution in [-0.4, -0.2) is 57.6 Å². The number of hydrogen-bond donors (Lipinski definition) is 4. The molecule has 2 aliphatic rings. The molecule has 1 aliphatic heterocycles. The summed E-state index contributed by atoms with van der Waals surface area (Å²) in [6.45, 7) is -0.308. The average Bonchev–Trinajstić information content (AvgIpc) is 3.63. The number of nitrogens with zero attached hydrogens (tertiary/aromatic N) is 3. The Bertz CT molecular complexity index is 1490. The number of piperidine rings is 1. The highest BCUT2D eigenvalue weighted by atomic mass is 35.5. The number of carbonyl (C=O) groups excluding carboxylic acids is 4. The molecule has 2 heterocycles. The number of rotatable bonds is 7. The fourth-order valence-electron chi connectivity index (χ4n) is 5.61. The Morgan fingerprint density at radius 2 is 1.97 bits per heavy atom. The van der Waals surface area contributed by atoms with E-state index in [1.54, 1.807) is 29.2 Å². The first-order valence-electron chi connectivity index (χ1n) is 12.5. The fraction of sp³-hybridized carbons (Fsp3) is 0.346. The molecule has 2 fully saturated rings. The van der Waals surface area contributed by atoms with Crippen LogP contribution in [0, 0.1) is 11.7 Å². The molecule has 5 N–H and O–H groups in total. The van der Waals surface area contributed by atoms with Gasteiger partial charge in [0.15, 0.2) is 5.69 Å². The van der Waals surface area contributed by atoms with Crippen molar-refractivity contribution < 1.29 is 23.6 Å². The Balaban J connectivity index is 1.38. The number of aromatic nitrogens is 2. The molecule has 1 aromatic heterocycles. The Kier molecular flexibility index (Phi) is 7.13. The van der Waals surface area contributed by atoms with Crippen LogP contribution in [0.25, 0.3) is 10.9 Å². The van der Waals surface area contributed by atoms with Crippen molar-refractivity contribution in [3.05, 3.63) is 58.5 Å². The van der Waals surface area contributed by atoms with E-state index in [2.05, 4.69) is 21.0 Å². The molecule has 0 unspecified atom stereocenters. The number of benzene rings is 2. The van der Waals surface area contributed by atoms with Gasteiger partial charge in [0, 0.05) is 36.3 Å². The quantitative estimate of drug-likeness (QED) is 0.353. The van der Waals surface area contributed by atoms with Gasteiger partial charge in [-0.2, -0.15) is 5.10 Å². The van der Waals surface area contributed by atoms with Crippen molar-refractivity contribution in [3.63, 3.8) is 0 Å². The van der Waals surface area contributed by atoms with Crippen LogP contribution in [0.1, 0.15) is 35.3 Å². The number of hydrogen-bond acceptors (Lipinski definition) is 5. The highest BCUT2D eigenvalue weighted by Gasteiger charge is 2.51. The lowest BCUT2D eigenvalue weighted by atomic mass is 9.97. The lowest BCUT2D eigenvalue weighted by Crippen LogP contribution is -2.53. The Morgan fingerprint density at radius 3 is 2.72 bits per heavy atom. The van der Waals surface area contributed by atoms with Crippen molar-refractivity contribution in [3.8, 4) is 0 Å². The number of amides is 5. The Morgan fingerprint density at radius 1 is 1.18 bits per heavy atom. The van der Waals surface area contributed by atoms with Crippen molar-refractivity contribution in [2.45, 2.75) is 44.4 Å². The number of urea groups is 1. The zero-order chi connectivity index (χ0) is 27.8. The van der Waals surface area contributed by atoms with Gasteiger partial charge in [0.05, 0.1) is 10.5 Å². The molecule has 0 radical (unpaired) electrons. The molecule has 3 aromatic rings. The van der Waals surface area contributed by atoms with Crippen molar-refractivity contribution in [2.24, 2.45) is 11.7 Å². The first-order chi connectivity index (χ1) is 18.7. The minimum atomic E-state index is -0.760. The number of nitrogens with two attached hydrogens (primary N) is 1. The molecule has 39 heavy (non-hydrogen) atoms. The molecule has 5 amide bonds. The van der Waals surface area contributed by atoms with E-state index in [9.17, 15) is 23.6 Å². The smallest absolute Gasteiger partial charge is 0.318 e. The number of fused-ring (bicyclic) bond motifs is 3. The normalized spacial score (nSPS) is 19.8. The zero-order valence-electron chi connectivity index (χ0n) is 21.0. The van der Waals surface area contributed by atoms with Crippen LogP contribution in [0.3, 0.4) is 0 Å².